The molecule has 1 aliphatic heterocycles. The summed E-state index contributed by atoms with van der Waals surface area (Å²) in [4.78, 5) is 14.0. The molecule has 0 aliphatic carbocycles. The number of nitrogen functional groups attached to an aromatic ring is 1. The second kappa shape index (κ2) is 6.36. The van der Waals surface area contributed by atoms with Gasteiger partial charge in [-0.1, -0.05) is 0 Å². The molecule has 2 rings (SSSR count). The third-order valence-corrected chi connectivity index (χ3v) is 3.85. The summed E-state index contributed by atoms with van der Waals surface area (Å²) in [6.07, 6.45) is 1.23. The molecular weight excluding hydrogens is 310 g/mol. The number of hydrogen-bond donors (Lipinski definition) is 2. The molecule has 1 heterocycles. The van der Waals surface area contributed by atoms with Gasteiger partial charge in [0.1, 0.15) is 0 Å². The molecule has 1 unspecified atom stereocenters. The Labute approximate surface area is 121 Å². The van der Waals surface area contributed by atoms with Gasteiger partial charge < -0.3 is 15.8 Å². The first-order valence-corrected chi connectivity index (χ1v) is 6.98. The number of amides is 1. The van der Waals surface area contributed by atoms with E-state index in [2.05, 4.69) is 26.1 Å². The SMILES string of the molecule is COC1CCN(CC(=O)Nc2ccc(N)cc2Br)C1. The van der Waals surface area contributed by atoms with Crippen molar-refractivity contribution in [1.29, 1.82) is 0 Å². The molecule has 0 aromatic heterocycles. The van der Waals surface area contributed by atoms with Gasteiger partial charge in [0.15, 0.2) is 0 Å². The topological polar surface area (TPSA) is 67.6 Å². The van der Waals surface area contributed by atoms with E-state index in [0.29, 0.717) is 12.2 Å². The summed E-state index contributed by atoms with van der Waals surface area (Å²) in [5.41, 5.74) is 7.05. The Kier molecular flexibility index (Phi) is 4.79. The minimum atomic E-state index is -0.0257. The highest BCUT2D eigenvalue weighted by Crippen LogP contribution is 2.24. The van der Waals surface area contributed by atoms with E-state index < -0.39 is 0 Å². The van der Waals surface area contributed by atoms with Crippen LogP contribution in [0.3, 0.4) is 0 Å². The van der Waals surface area contributed by atoms with E-state index in [1.165, 1.54) is 0 Å². The summed E-state index contributed by atoms with van der Waals surface area (Å²) in [6, 6.07) is 5.32. The lowest BCUT2D eigenvalue weighted by atomic mass is 10.3. The Hall–Kier alpha value is -1.11. The molecule has 19 heavy (non-hydrogen) atoms. The number of ether oxygens (including phenoxy) is 1. The fourth-order valence-electron chi connectivity index (χ4n) is 2.16. The number of anilines is 2. The second-order valence-corrected chi connectivity index (χ2v) is 5.52. The van der Waals surface area contributed by atoms with Gasteiger partial charge in [-0.3, -0.25) is 9.69 Å². The Morgan fingerprint density at radius 1 is 1.63 bits per heavy atom. The minimum absolute atomic E-state index is 0.0257. The number of hydrogen-bond acceptors (Lipinski definition) is 4. The van der Waals surface area contributed by atoms with Crippen molar-refractivity contribution in [1.82, 2.24) is 4.90 Å². The van der Waals surface area contributed by atoms with E-state index in [4.69, 9.17) is 10.5 Å². The zero-order chi connectivity index (χ0) is 13.8. The number of nitrogens with one attached hydrogen (secondary N) is 1. The highest BCUT2D eigenvalue weighted by molar-refractivity contribution is 9.10. The van der Waals surface area contributed by atoms with Crippen LogP contribution in [0.15, 0.2) is 22.7 Å². The Morgan fingerprint density at radius 3 is 3.05 bits per heavy atom. The molecule has 1 atom stereocenters. The van der Waals surface area contributed by atoms with Gasteiger partial charge in [-0.15, -0.1) is 0 Å². The maximum atomic E-state index is 12.0. The zero-order valence-electron chi connectivity index (χ0n) is 10.9. The summed E-state index contributed by atoms with van der Waals surface area (Å²) in [7, 11) is 1.71. The molecule has 0 saturated carbocycles. The Balaban J connectivity index is 1.87. The maximum Gasteiger partial charge on any atom is 0.238 e. The number of nitrogens with two attached hydrogens (primary N) is 1. The highest BCUT2D eigenvalue weighted by atomic mass is 79.9. The number of benzene rings is 1. The lowest BCUT2D eigenvalue weighted by Gasteiger charge is -2.15. The summed E-state index contributed by atoms with van der Waals surface area (Å²) in [5.74, 6) is -0.0257. The fourth-order valence-corrected chi connectivity index (χ4v) is 2.65. The van der Waals surface area contributed by atoms with Crippen molar-refractivity contribution in [2.24, 2.45) is 0 Å². The summed E-state index contributed by atoms with van der Waals surface area (Å²) < 4.78 is 6.07. The summed E-state index contributed by atoms with van der Waals surface area (Å²) in [5, 5.41) is 2.87. The van der Waals surface area contributed by atoms with E-state index in [1.54, 1.807) is 25.3 Å². The van der Waals surface area contributed by atoms with Crippen LogP contribution in [0, 0.1) is 0 Å². The molecular formula is C13H18BrN3O2. The van der Waals surface area contributed by atoms with Gasteiger partial charge in [-0.05, 0) is 40.5 Å². The Bertz CT molecular complexity index is 467. The zero-order valence-corrected chi connectivity index (χ0v) is 12.4. The molecule has 6 heteroatoms. The van der Waals surface area contributed by atoms with Gasteiger partial charge in [0, 0.05) is 30.4 Å². The van der Waals surface area contributed by atoms with Gasteiger partial charge in [0.2, 0.25) is 5.91 Å². The molecule has 1 aromatic carbocycles. The van der Waals surface area contributed by atoms with Gasteiger partial charge in [0.05, 0.1) is 18.3 Å². The van der Waals surface area contributed by atoms with Crippen LogP contribution in [0.5, 0.6) is 0 Å². The number of halogens is 1. The molecule has 3 N–H and O–H groups in total. The Morgan fingerprint density at radius 2 is 2.42 bits per heavy atom. The van der Waals surface area contributed by atoms with Gasteiger partial charge in [0.25, 0.3) is 0 Å². The number of rotatable bonds is 4. The van der Waals surface area contributed by atoms with E-state index in [-0.39, 0.29) is 12.0 Å². The largest absolute Gasteiger partial charge is 0.399 e. The summed E-state index contributed by atoms with van der Waals surface area (Å²) >= 11 is 3.38. The number of methoxy groups -OCH3 is 1. The van der Waals surface area contributed by atoms with Crippen molar-refractivity contribution in [3.63, 3.8) is 0 Å². The van der Waals surface area contributed by atoms with E-state index >= 15 is 0 Å². The van der Waals surface area contributed by atoms with Gasteiger partial charge >= 0.3 is 0 Å². The number of likely N-dealkylation sites (tertiary alicyclic amines) is 1. The smallest absolute Gasteiger partial charge is 0.238 e. The van der Waals surface area contributed by atoms with Crippen LogP contribution in [-0.2, 0) is 9.53 Å². The molecule has 0 bridgehead atoms. The lowest BCUT2D eigenvalue weighted by molar-refractivity contribution is -0.117. The van der Waals surface area contributed by atoms with Crippen LogP contribution in [0.1, 0.15) is 6.42 Å². The van der Waals surface area contributed by atoms with Crippen LogP contribution in [0.25, 0.3) is 0 Å². The van der Waals surface area contributed by atoms with Crippen molar-refractivity contribution in [2.45, 2.75) is 12.5 Å². The average molecular weight is 328 g/mol. The van der Waals surface area contributed by atoms with Crippen molar-refractivity contribution >= 4 is 33.2 Å². The van der Waals surface area contributed by atoms with E-state index in [1.807, 2.05) is 0 Å². The summed E-state index contributed by atoms with van der Waals surface area (Å²) in [6.45, 7) is 2.10. The average Bonchev–Trinajstić information content (AvgIpc) is 2.80. The monoisotopic (exact) mass is 327 g/mol. The first-order chi connectivity index (χ1) is 9.08. The maximum absolute atomic E-state index is 12.0. The van der Waals surface area contributed by atoms with Crippen molar-refractivity contribution in [3.05, 3.63) is 22.7 Å². The highest BCUT2D eigenvalue weighted by Gasteiger charge is 2.23. The van der Waals surface area contributed by atoms with Crippen LogP contribution in [0.2, 0.25) is 0 Å². The van der Waals surface area contributed by atoms with Crippen molar-refractivity contribution < 1.29 is 9.53 Å². The minimum Gasteiger partial charge on any atom is -0.399 e. The lowest BCUT2D eigenvalue weighted by Crippen LogP contribution is -2.32. The van der Waals surface area contributed by atoms with Crippen LogP contribution < -0.4 is 11.1 Å². The fraction of sp³-hybridized carbons (Fsp3) is 0.462. The normalized spacial score (nSPS) is 19.6. The van der Waals surface area contributed by atoms with Gasteiger partial charge in [-0.25, -0.2) is 0 Å². The molecule has 0 radical (unpaired) electrons. The van der Waals surface area contributed by atoms with Crippen LogP contribution in [0.4, 0.5) is 11.4 Å². The first-order valence-electron chi connectivity index (χ1n) is 6.18. The molecule has 5 nitrogen and oxygen atoms in total. The van der Waals surface area contributed by atoms with E-state index in [0.717, 1.165) is 29.7 Å². The van der Waals surface area contributed by atoms with Crippen molar-refractivity contribution in [3.8, 4) is 0 Å². The molecule has 0 spiro atoms. The predicted octanol–water partition coefficient (Wildman–Crippen LogP) is 1.69. The number of nitrogens with zero attached hydrogens (tertiary/aromatic N) is 1. The molecule has 1 aromatic rings. The standard InChI is InChI=1S/C13H18BrN3O2/c1-19-10-4-5-17(7-10)8-13(18)16-12-3-2-9(15)6-11(12)14/h2-3,6,10H,4-5,7-8,15H2,1H3,(H,16,18). The molecule has 1 aliphatic rings. The number of carbonyl (C=O) groups is 1. The van der Waals surface area contributed by atoms with E-state index in [9.17, 15) is 4.79 Å². The van der Waals surface area contributed by atoms with Crippen molar-refractivity contribution in [2.75, 3.05) is 37.8 Å². The van der Waals surface area contributed by atoms with Crippen LogP contribution in [-0.4, -0.2) is 43.7 Å². The first kappa shape index (κ1) is 14.3. The molecule has 1 saturated heterocycles. The van der Waals surface area contributed by atoms with Gasteiger partial charge in [-0.2, -0.15) is 0 Å². The molecule has 1 fully saturated rings. The van der Waals surface area contributed by atoms with Crippen LogP contribution >= 0.6 is 15.9 Å². The molecule has 104 valence electrons. The molecule has 1 amide bonds. The predicted molar refractivity (Wildman–Crippen MR) is 79.0 cm³/mol. The third kappa shape index (κ3) is 3.92. The number of carbonyl (C=O) groups excluding carboxylic acids is 1. The second-order valence-electron chi connectivity index (χ2n) is 4.67. The third-order valence-electron chi connectivity index (χ3n) is 3.20. The quantitative estimate of drug-likeness (QED) is 0.826.